The van der Waals surface area contributed by atoms with Crippen LogP contribution < -0.4 is 5.32 Å². The molecule has 0 aliphatic rings. The van der Waals surface area contributed by atoms with Crippen LogP contribution in [-0.2, 0) is 6.54 Å². The minimum atomic E-state index is 0.215. The van der Waals surface area contributed by atoms with Crippen molar-refractivity contribution in [1.82, 2.24) is 15.1 Å². The third-order valence-electron chi connectivity index (χ3n) is 2.14. The highest BCUT2D eigenvalue weighted by atomic mass is 35.5. The summed E-state index contributed by atoms with van der Waals surface area (Å²) in [7, 11) is 0. The lowest BCUT2D eigenvalue weighted by atomic mass is 10.1. The van der Waals surface area contributed by atoms with Crippen molar-refractivity contribution < 1.29 is 0 Å². The van der Waals surface area contributed by atoms with Crippen molar-refractivity contribution in [3.05, 3.63) is 18.5 Å². The first-order valence-corrected chi connectivity index (χ1v) is 5.46. The molecule has 0 saturated heterocycles. The van der Waals surface area contributed by atoms with Gasteiger partial charge in [-0.3, -0.25) is 4.68 Å². The van der Waals surface area contributed by atoms with E-state index in [0.29, 0.717) is 5.92 Å². The molecule has 1 N–H and O–H groups in total. The Hall–Kier alpha value is -0.540. The zero-order valence-corrected chi connectivity index (χ0v) is 9.54. The molecule has 4 heteroatoms. The quantitative estimate of drug-likeness (QED) is 0.579. The second-order valence-electron chi connectivity index (χ2n) is 3.73. The number of alkyl halides is 1. The predicted molar refractivity (Wildman–Crippen MR) is 59.6 cm³/mol. The molecule has 0 aliphatic heterocycles. The van der Waals surface area contributed by atoms with Gasteiger partial charge in [0, 0.05) is 30.9 Å². The van der Waals surface area contributed by atoms with E-state index in [1.54, 1.807) is 6.20 Å². The third-order valence-corrected chi connectivity index (χ3v) is 2.80. The maximum absolute atomic E-state index is 6.09. The van der Waals surface area contributed by atoms with Crippen LogP contribution in [0.5, 0.6) is 0 Å². The summed E-state index contributed by atoms with van der Waals surface area (Å²) >= 11 is 6.09. The van der Waals surface area contributed by atoms with Crippen LogP contribution in [0.2, 0.25) is 0 Å². The smallest absolute Gasteiger partial charge is 0.0533 e. The Morgan fingerprint density at radius 2 is 2.29 bits per heavy atom. The van der Waals surface area contributed by atoms with Crippen LogP contribution in [0.1, 0.15) is 13.8 Å². The van der Waals surface area contributed by atoms with E-state index in [-0.39, 0.29) is 5.38 Å². The van der Waals surface area contributed by atoms with Crippen LogP contribution >= 0.6 is 11.6 Å². The van der Waals surface area contributed by atoms with Gasteiger partial charge in [-0.25, -0.2) is 0 Å². The number of nitrogens with zero attached hydrogens (tertiary/aromatic N) is 2. The molecule has 0 aromatic carbocycles. The first-order chi connectivity index (χ1) is 6.70. The average Bonchev–Trinajstić information content (AvgIpc) is 2.64. The van der Waals surface area contributed by atoms with Crippen LogP contribution in [0, 0.1) is 5.92 Å². The number of halogens is 1. The van der Waals surface area contributed by atoms with Crippen molar-refractivity contribution in [3.63, 3.8) is 0 Å². The van der Waals surface area contributed by atoms with Gasteiger partial charge in [0.05, 0.1) is 6.54 Å². The molecule has 1 atom stereocenters. The van der Waals surface area contributed by atoms with E-state index in [2.05, 4.69) is 24.3 Å². The molecule has 1 aromatic heterocycles. The molecule has 0 aliphatic carbocycles. The van der Waals surface area contributed by atoms with E-state index in [1.165, 1.54) is 0 Å². The van der Waals surface area contributed by atoms with Gasteiger partial charge in [0.15, 0.2) is 0 Å². The van der Waals surface area contributed by atoms with Gasteiger partial charge >= 0.3 is 0 Å². The van der Waals surface area contributed by atoms with Gasteiger partial charge < -0.3 is 5.32 Å². The first-order valence-electron chi connectivity index (χ1n) is 5.02. The van der Waals surface area contributed by atoms with Crippen molar-refractivity contribution >= 4 is 11.6 Å². The van der Waals surface area contributed by atoms with Crippen molar-refractivity contribution in [1.29, 1.82) is 0 Å². The molecule has 1 heterocycles. The van der Waals surface area contributed by atoms with Crippen molar-refractivity contribution in [2.45, 2.75) is 25.8 Å². The van der Waals surface area contributed by atoms with Gasteiger partial charge in [0.1, 0.15) is 0 Å². The highest BCUT2D eigenvalue weighted by Crippen LogP contribution is 2.07. The largest absolute Gasteiger partial charge is 0.313 e. The Balaban J connectivity index is 2.05. The standard InChI is InChI=1S/C10H18ClN3/c1-9(2)10(11)8-12-5-7-14-6-3-4-13-14/h3-4,6,9-10,12H,5,7-8H2,1-2H3. The lowest BCUT2D eigenvalue weighted by Crippen LogP contribution is -2.29. The van der Waals surface area contributed by atoms with Gasteiger partial charge in [-0.15, -0.1) is 11.6 Å². The summed E-state index contributed by atoms with van der Waals surface area (Å²) in [5.41, 5.74) is 0. The average molecular weight is 216 g/mol. The van der Waals surface area contributed by atoms with Crippen molar-refractivity contribution in [3.8, 4) is 0 Å². The normalized spacial score (nSPS) is 13.4. The van der Waals surface area contributed by atoms with E-state index in [9.17, 15) is 0 Å². The molecule has 1 unspecified atom stereocenters. The Morgan fingerprint density at radius 1 is 1.50 bits per heavy atom. The number of hydrogen-bond acceptors (Lipinski definition) is 2. The van der Waals surface area contributed by atoms with Crippen LogP contribution in [0.3, 0.4) is 0 Å². The molecule has 3 nitrogen and oxygen atoms in total. The van der Waals surface area contributed by atoms with Gasteiger partial charge in [0.2, 0.25) is 0 Å². The number of rotatable bonds is 6. The maximum atomic E-state index is 6.09. The zero-order valence-electron chi connectivity index (χ0n) is 8.78. The SMILES string of the molecule is CC(C)C(Cl)CNCCn1cccn1. The molecule has 0 spiro atoms. The van der Waals surface area contributed by atoms with E-state index < -0.39 is 0 Å². The Morgan fingerprint density at radius 3 is 2.86 bits per heavy atom. The highest BCUT2D eigenvalue weighted by Gasteiger charge is 2.07. The molecular weight excluding hydrogens is 198 g/mol. The fourth-order valence-electron chi connectivity index (χ4n) is 1.10. The Labute approximate surface area is 90.4 Å². The monoisotopic (exact) mass is 215 g/mol. The molecule has 0 radical (unpaired) electrons. The molecule has 1 aromatic rings. The van der Waals surface area contributed by atoms with Crippen LogP contribution in [0.25, 0.3) is 0 Å². The second kappa shape index (κ2) is 6.04. The summed E-state index contributed by atoms with van der Waals surface area (Å²) in [6.45, 7) is 6.94. The van der Waals surface area contributed by atoms with Gasteiger partial charge in [0.25, 0.3) is 0 Å². The number of hydrogen-bond donors (Lipinski definition) is 1. The molecule has 0 bridgehead atoms. The second-order valence-corrected chi connectivity index (χ2v) is 4.29. The lowest BCUT2D eigenvalue weighted by Gasteiger charge is -2.13. The van der Waals surface area contributed by atoms with E-state index in [0.717, 1.165) is 19.6 Å². The van der Waals surface area contributed by atoms with Crippen LogP contribution in [-0.4, -0.2) is 28.2 Å². The van der Waals surface area contributed by atoms with Crippen molar-refractivity contribution in [2.24, 2.45) is 5.92 Å². The third kappa shape index (κ3) is 4.11. The Bertz CT molecular complexity index is 234. The summed E-state index contributed by atoms with van der Waals surface area (Å²) < 4.78 is 1.91. The lowest BCUT2D eigenvalue weighted by molar-refractivity contribution is 0.511. The Kier molecular flexibility index (Phi) is 4.98. The summed E-state index contributed by atoms with van der Waals surface area (Å²) in [6, 6.07) is 1.93. The summed E-state index contributed by atoms with van der Waals surface area (Å²) in [6.07, 6.45) is 3.75. The topological polar surface area (TPSA) is 29.9 Å². The van der Waals surface area contributed by atoms with E-state index >= 15 is 0 Å². The van der Waals surface area contributed by atoms with E-state index in [4.69, 9.17) is 11.6 Å². The molecule has 14 heavy (non-hydrogen) atoms. The summed E-state index contributed by atoms with van der Waals surface area (Å²) in [5.74, 6) is 0.522. The minimum Gasteiger partial charge on any atom is -0.313 e. The predicted octanol–water partition coefficient (Wildman–Crippen LogP) is 1.74. The van der Waals surface area contributed by atoms with Crippen LogP contribution in [0.15, 0.2) is 18.5 Å². The molecule has 0 fully saturated rings. The highest BCUT2D eigenvalue weighted by molar-refractivity contribution is 6.20. The van der Waals surface area contributed by atoms with Gasteiger partial charge in [-0.1, -0.05) is 13.8 Å². The molecule has 80 valence electrons. The van der Waals surface area contributed by atoms with Gasteiger partial charge in [-0.2, -0.15) is 5.10 Å². The fourth-order valence-corrected chi connectivity index (χ4v) is 1.21. The molecule has 0 amide bonds. The summed E-state index contributed by atoms with van der Waals surface area (Å²) in [4.78, 5) is 0. The number of aromatic nitrogens is 2. The van der Waals surface area contributed by atoms with Gasteiger partial charge in [-0.05, 0) is 12.0 Å². The summed E-state index contributed by atoms with van der Waals surface area (Å²) in [5, 5.41) is 7.64. The zero-order chi connectivity index (χ0) is 10.4. The minimum absolute atomic E-state index is 0.215. The first kappa shape index (κ1) is 11.5. The van der Waals surface area contributed by atoms with Crippen molar-refractivity contribution in [2.75, 3.05) is 13.1 Å². The molecule has 0 saturated carbocycles. The molecule has 1 rings (SSSR count). The maximum Gasteiger partial charge on any atom is 0.0533 e. The number of nitrogens with one attached hydrogen (secondary N) is 1. The van der Waals surface area contributed by atoms with Crippen LogP contribution in [0.4, 0.5) is 0 Å². The molecular formula is C10H18ClN3. The van der Waals surface area contributed by atoms with E-state index in [1.807, 2.05) is 16.9 Å². The fraction of sp³-hybridized carbons (Fsp3) is 0.700.